The Morgan fingerprint density at radius 2 is 2.10 bits per heavy atom. The topological polar surface area (TPSA) is 78.9 Å². The fourth-order valence-corrected chi connectivity index (χ4v) is 2.39. The Morgan fingerprint density at radius 3 is 2.71 bits per heavy atom. The second kappa shape index (κ2) is 5.82. The average molecular weight is 371 g/mol. The van der Waals surface area contributed by atoms with Gasteiger partial charge in [0.1, 0.15) is 5.57 Å². The Hall–Kier alpha value is -1.93. The van der Waals surface area contributed by atoms with Crippen LogP contribution >= 0.6 is 28.1 Å². The summed E-state index contributed by atoms with van der Waals surface area (Å²) < 4.78 is 5.66. The van der Waals surface area contributed by atoms with Gasteiger partial charge in [-0.3, -0.25) is 19.8 Å². The molecule has 110 valence electrons. The van der Waals surface area contributed by atoms with E-state index in [-0.39, 0.29) is 27.7 Å². The number of nitrogens with zero attached hydrogens (tertiary/aromatic N) is 1. The minimum Gasteiger partial charge on any atom is -0.504 e. The lowest BCUT2D eigenvalue weighted by Gasteiger charge is -2.25. The molecule has 2 amide bonds. The van der Waals surface area contributed by atoms with E-state index >= 15 is 0 Å². The first-order valence-electron chi connectivity index (χ1n) is 5.76. The molecule has 0 atom stereocenters. The second-order valence-corrected chi connectivity index (χ2v) is 5.53. The first kappa shape index (κ1) is 15.5. The maximum Gasteiger partial charge on any atom is 0.265 e. The first-order valence-corrected chi connectivity index (χ1v) is 6.97. The van der Waals surface area contributed by atoms with Crippen LogP contribution in [0.5, 0.6) is 11.5 Å². The molecule has 1 aromatic rings. The zero-order valence-electron chi connectivity index (χ0n) is 11.1. The quantitative estimate of drug-likeness (QED) is 0.467. The molecule has 1 aliphatic heterocycles. The van der Waals surface area contributed by atoms with Crippen LogP contribution in [-0.4, -0.2) is 41.1 Å². The zero-order chi connectivity index (χ0) is 15.7. The maximum absolute atomic E-state index is 12.1. The van der Waals surface area contributed by atoms with Gasteiger partial charge >= 0.3 is 0 Å². The highest BCUT2D eigenvalue weighted by atomic mass is 79.9. The number of aromatic hydroxyl groups is 1. The molecule has 1 fully saturated rings. The van der Waals surface area contributed by atoms with Crippen LogP contribution in [0.3, 0.4) is 0 Å². The minimum atomic E-state index is -0.610. The van der Waals surface area contributed by atoms with Gasteiger partial charge in [-0.25, -0.2) is 0 Å². The number of likely N-dealkylation sites (N-methyl/N-ethyl adjacent to an activating group) is 1. The molecule has 2 rings (SSSR count). The van der Waals surface area contributed by atoms with Gasteiger partial charge in [0.05, 0.1) is 7.11 Å². The molecular weight excluding hydrogens is 360 g/mol. The van der Waals surface area contributed by atoms with E-state index in [9.17, 15) is 14.7 Å². The van der Waals surface area contributed by atoms with Crippen molar-refractivity contribution in [2.45, 2.75) is 0 Å². The lowest BCUT2D eigenvalue weighted by atomic mass is 10.1. The number of ether oxygens (including phenoxy) is 1. The molecule has 8 heteroatoms. The summed E-state index contributed by atoms with van der Waals surface area (Å²) in [5, 5.41) is 12.5. The molecule has 1 saturated heterocycles. The largest absolute Gasteiger partial charge is 0.504 e. The van der Waals surface area contributed by atoms with Crippen molar-refractivity contribution >= 4 is 51.2 Å². The molecule has 21 heavy (non-hydrogen) atoms. The van der Waals surface area contributed by atoms with Crippen molar-refractivity contribution in [2.24, 2.45) is 0 Å². The van der Waals surface area contributed by atoms with Crippen LogP contribution in [0.25, 0.3) is 6.08 Å². The fourth-order valence-electron chi connectivity index (χ4n) is 1.76. The van der Waals surface area contributed by atoms with Crippen LogP contribution in [0.15, 0.2) is 22.2 Å². The third-order valence-electron chi connectivity index (χ3n) is 2.89. The standard InChI is InChI=1S/C13H11BrN2O4S/c1-16-12(19)8(11(18)15-13(16)21)4-6-3-7(14)5-9(20-2)10(6)17/h3-5,17H,1-2H3,(H,15,18,21)/b8-4+. The smallest absolute Gasteiger partial charge is 0.265 e. The molecular formula is C13H11BrN2O4S. The van der Waals surface area contributed by atoms with Gasteiger partial charge in [0.15, 0.2) is 16.6 Å². The first-order chi connectivity index (χ1) is 9.85. The maximum atomic E-state index is 12.1. The summed E-state index contributed by atoms with van der Waals surface area (Å²) in [5.41, 5.74) is 0.155. The van der Waals surface area contributed by atoms with Crippen molar-refractivity contribution in [1.29, 1.82) is 0 Å². The predicted molar refractivity (Wildman–Crippen MR) is 83.8 cm³/mol. The van der Waals surface area contributed by atoms with Crippen molar-refractivity contribution in [3.8, 4) is 11.5 Å². The van der Waals surface area contributed by atoms with E-state index in [1.54, 1.807) is 12.1 Å². The van der Waals surface area contributed by atoms with Gasteiger partial charge in [-0.2, -0.15) is 0 Å². The third kappa shape index (κ3) is 2.91. The van der Waals surface area contributed by atoms with E-state index in [1.165, 1.54) is 20.2 Å². The molecule has 0 aliphatic carbocycles. The van der Waals surface area contributed by atoms with Gasteiger partial charge in [-0.15, -0.1) is 0 Å². The predicted octanol–water partition coefficient (Wildman–Crippen LogP) is 1.42. The van der Waals surface area contributed by atoms with Crippen molar-refractivity contribution in [3.05, 3.63) is 27.7 Å². The highest BCUT2D eigenvalue weighted by Gasteiger charge is 2.31. The van der Waals surface area contributed by atoms with Crippen molar-refractivity contribution in [2.75, 3.05) is 14.2 Å². The van der Waals surface area contributed by atoms with Crippen molar-refractivity contribution in [1.82, 2.24) is 10.2 Å². The number of rotatable bonds is 2. The number of nitrogens with one attached hydrogen (secondary N) is 1. The highest BCUT2D eigenvalue weighted by Crippen LogP contribution is 2.35. The number of thiocarbonyl (C=S) groups is 1. The summed E-state index contributed by atoms with van der Waals surface area (Å²) in [4.78, 5) is 25.1. The summed E-state index contributed by atoms with van der Waals surface area (Å²) in [5.74, 6) is -1.09. The SMILES string of the molecule is COc1cc(Br)cc(/C=C2\C(=O)NC(=S)N(C)C2=O)c1O. The summed E-state index contributed by atoms with van der Waals surface area (Å²) in [6.45, 7) is 0. The molecule has 0 saturated carbocycles. The van der Waals surface area contributed by atoms with Crippen LogP contribution in [0.4, 0.5) is 0 Å². The molecule has 6 nitrogen and oxygen atoms in total. The molecule has 2 N–H and O–H groups in total. The van der Waals surface area contributed by atoms with Gasteiger partial charge in [0.2, 0.25) is 0 Å². The van der Waals surface area contributed by atoms with E-state index in [0.717, 1.165) is 4.90 Å². The lowest BCUT2D eigenvalue weighted by Crippen LogP contribution is -2.52. The van der Waals surface area contributed by atoms with E-state index in [0.29, 0.717) is 4.47 Å². The number of carbonyl (C=O) groups is 2. The monoisotopic (exact) mass is 370 g/mol. The Morgan fingerprint density at radius 1 is 1.43 bits per heavy atom. The second-order valence-electron chi connectivity index (χ2n) is 4.23. The van der Waals surface area contributed by atoms with E-state index in [2.05, 4.69) is 21.2 Å². The number of halogens is 1. The van der Waals surface area contributed by atoms with Gasteiger partial charge in [-0.1, -0.05) is 15.9 Å². The average Bonchev–Trinajstić information content (AvgIpc) is 2.44. The summed E-state index contributed by atoms with van der Waals surface area (Å²) in [6, 6.07) is 3.14. The Bertz CT molecular complexity index is 687. The Kier molecular flexibility index (Phi) is 4.29. The summed E-state index contributed by atoms with van der Waals surface area (Å²) in [7, 11) is 2.86. The number of hydrogen-bond donors (Lipinski definition) is 2. The normalized spacial score (nSPS) is 17.2. The summed E-state index contributed by atoms with van der Waals surface area (Å²) in [6.07, 6.45) is 1.29. The molecule has 0 unspecified atom stereocenters. The van der Waals surface area contributed by atoms with Gasteiger partial charge in [0.25, 0.3) is 11.8 Å². The number of phenols is 1. The number of phenolic OH excluding ortho intramolecular Hbond substituents is 1. The zero-order valence-corrected chi connectivity index (χ0v) is 13.5. The Labute approximate surface area is 134 Å². The van der Waals surface area contributed by atoms with Crippen LogP contribution in [0, 0.1) is 0 Å². The van der Waals surface area contributed by atoms with Crippen LogP contribution in [-0.2, 0) is 9.59 Å². The van der Waals surface area contributed by atoms with Crippen LogP contribution < -0.4 is 10.1 Å². The molecule has 1 aromatic carbocycles. The van der Waals surface area contributed by atoms with Gasteiger partial charge in [0, 0.05) is 17.1 Å². The van der Waals surface area contributed by atoms with Gasteiger partial charge in [-0.05, 0) is 30.4 Å². The Balaban J connectivity index is 2.53. The van der Waals surface area contributed by atoms with Crippen molar-refractivity contribution < 1.29 is 19.4 Å². The number of hydrogen-bond acceptors (Lipinski definition) is 5. The molecule has 0 bridgehead atoms. The third-order valence-corrected chi connectivity index (χ3v) is 3.73. The van der Waals surface area contributed by atoms with Gasteiger partial charge < -0.3 is 9.84 Å². The minimum absolute atomic E-state index is 0.0400. The van der Waals surface area contributed by atoms with Crippen LogP contribution in [0.2, 0.25) is 0 Å². The molecule has 1 aliphatic rings. The van der Waals surface area contributed by atoms with E-state index in [1.807, 2.05) is 0 Å². The number of amides is 2. The van der Waals surface area contributed by atoms with Crippen LogP contribution in [0.1, 0.15) is 5.56 Å². The summed E-state index contributed by atoms with van der Waals surface area (Å²) >= 11 is 8.12. The lowest BCUT2D eigenvalue weighted by molar-refractivity contribution is -0.128. The number of benzene rings is 1. The molecule has 0 radical (unpaired) electrons. The number of methoxy groups -OCH3 is 1. The van der Waals surface area contributed by atoms with Crippen molar-refractivity contribution in [3.63, 3.8) is 0 Å². The molecule has 0 aromatic heterocycles. The fraction of sp³-hybridized carbons (Fsp3) is 0.154. The highest BCUT2D eigenvalue weighted by molar-refractivity contribution is 9.10. The van der Waals surface area contributed by atoms with E-state index < -0.39 is 11.8 Å². The molecule has 0 spiro atoms. The van der Waals surface area contributed by atoms with E-state index in [4.69, 9.17) is 17.0 Å². The number of carbonyl (C=O) groups excluding carboxylic acids is 2. The molecule has 1 heterocycles.